The van der Waals surface area contributed by atoms with Gasteiger partial charge in [0.2, 0.25) is 0 Å². The summed E-state index contributed by atoms with van der Waals surface area (Å²) >= 11 is 0. The summed E-state index contributed by atoms with van der Waals surface area (Å²) in [5.41, 5.74) is 3.40. The fourth-order valence-electron chi connectivity index (χ4n) is 1.65. The third-order valence-corrected chi connectivity index (χ3v) is 2.32. The first-order chi connectivity index (χ1) is 6.20. The molecule has 1 heterocycles. The van der Waals surface area contributed by atoms with E-state index in [-0.39, 0.29) is 0 Å². The summed E-state index contributed by atoms with van der Waals surface area (Å²) in [5, 5.41) is 1.17. The molecule has 0 saturated carbocycles. The standard InChI is InChI=1S/C11H13NO/c1-8-10(12(2)3)5-4-9-6-7-13-11(8)9/h4-7H,1-3H3. The Hall–Kier alpha value is -1.44. The van der Waals surface area contributed by atoms with Crippen LogP contribution in [0.25, 0.3) is 11.0 Å². The molecule has 0 unspecified atom stereocenters. The van der Waals surface area contributed by atoms with Crippen LogP contribution >= 0.6 is 0 Å². The van der Waals surface area contributed by atoms with Crippen LogP contribution in [-0.2, 0) is 0 Å². The topological polar surface area (TPSA) is 16.4 Å². The molecule has 2 rings (SSSR count). The van der Waals surface area contributed by atoms with Crippen molar-refractivity contribution in [1.29, 1.82) is 0 Å². The van der Waals surface area contributed by atoms with Crippen molar-refractivity contribution < 1.29 is 4.42 Å². The molecule has 0 amide bonds. The average molecular weight is 175 g/mol. The van der Waals surface area contributed by atoms with Crippen LogP contribution in [0, 0.1) is 6.92 Å². The second-order valence-corrected chi connectivity index (χ2v) is 3.44. The van der Waals surface area contributed by atoms with Gasteiger partial charge in [-0.1, -0.05) is 0 Å². The molecule has 0 radical (unpaired) electrons. The maximum atomic E-state index is 5.41. The molecule has 0 spiro atoms. The fraction of sp³-hybridized carbons (Fsp3) is 0.273. The summed E-state index contributed by atoms with van der Waals surface area (Å²) < 4.78 is 5.41. The lowest BCUT2D eigenvalue weighted by Crippen LogP contribution is -2.09. The second kappa shape index (κ2) is 2.80. The Morgan fingerprint density at radius 2 is 1.92 bits per heavy atom. The lowest BCUT2D eigenvalue weighted by atomic mass is 10.1. The number of nitrogens with zero attached hydrogens (tertiary/aromatic N) is 1. The third kappa shape index (κ3) is 1.18. The summed E-state index contributed by atoms with van der Waals surface area (Å²) in [7, 11) is 4.08. The highest BCUT2D eigenvalue weighted by molar-refractivity contribution is 5.85. The van der Waals surface area contributed by atoms with Crippen LogP contribution in [-0.4, -0.2) is 14.1 Å². The van der Waals surface area contributed by atoms with E-state index in [1.165, 1.54) is 16.6 Å². The van der Waals surface area contributed by atoms with Gasteiger partial charge in [-0.15, -0.1) is 0 Å². The van der Waals surface area contributed by atoms with Crippen LogP contribution < -0.4 is 4.90 Å². The van der Waals surface area contributed by atoms with Crippen LogP contribution in [0.1, 0.15) is 5.56 Å². The molecule has 0 atom stereocenters. The lowest BCUT2D eigenvalue weighted by Gasteiger charge is -2.15. The van der Waals surface area contributed by atoms with Crippen molar-refractivity contribution in [3.05, 3.63) is 30.0 Å². The number of anilines is 1. The summed E-state index contributed by atoms with van der Waals surface area (Å²) in [6, 6.07) is 6.19. The van der Waals surface area contributed by atoms with E-state index < -0.39 is 0 Å². The molecule has 2 aromatic rings. The highest BCUT2D eigenvalue weighted by Gasteiger charge is 2.06. The molecular formula is C11H13NO. The van der Waals surface area contributed by atoms with Crippen molar-refractivity contribution in [2.24, 2.45) is 0 Å². The Morgan fingerprint density at radius 3 is 2.62 bits per heavy atom. The van der Waals surface area contributed by atoms with Crippen LogP contribution in [0.15, 0.2) is 28.9 Å². The van der Waals surface area contributed by atoms with Crippen LogP contribution in [0.5, 0.6) is 0 Å². The third-order valence-electron chi connectivity index (χ3n) is 2.32. The van der Waals surface area contributed by atoms with Gasteiger partial charge in [0.25, 0.3) is 0 Å². The zero-order valence-electron chi connectivity index (χ0n) is 8.16. The minimum absolute atomic E-state index is 0.992. The highest BCUT2D eigenvalue weighted by Crippen LogP contribution is 2.27. The first-order valence-corrected chi connectivity index (χ1v) is 4.34. The Kier molecular flexibility index (Phi) is 1.76. The van der Waals surface area contributed by atoms with Gasteiger partial charge in [0.1, 0.15) is 5.58 Å². The number of aryl methyl sites for hydroxylation is 1. The molecule has 68 valence electrons. The Bertz CT molecular complexity index is 429. The zero-order chi connectivity index (χ0) is 9.42. The Balaban J connectivity index is 2.73. The molecule has 1 aromatic heterocycles. The Morgan fingerprint density at radius 1 is 1.15 bits per heavy atom. The largest absolute Gasteiger partial charge is 0.464 e. The quantitative estimate of drug-likeness (QED) is 0.662. The number of benzene rings is 1. The second-order valence-electron chi connectivity index (χ2n) is 3.44. The van der Waals surface area contributed by atoms with E-state index in [0.29, 0.717) is 0 Å². The van der Waals surface area contributed by atoms with Crippen molar-refractivity contribution >= 4 is 16.7 Å². The molecule has 0 aliphatic rings. The fourth-order valence-corrected chi connectivity index (χ4v) is 1.65. The summed E-state index contributed by atoms with van der Waals surface area (Å²) in [6.07, 6.45) is 1.73. The molecule has 0 aliphatic carbocycles. The summed E-state index contributed by atoms with van der Waals surface area (Å²) in [5.74, 6) is 0. The van der Waals surface area contributed by atoms with Crippen molar-refractivity contribution in [1.82, 2.24) is 0 Å². The van der Waals surface area contributed by atoms with Gasteiger partial charge in [0.15, 0.2) is 0 Å². The van der Waals surface area contributed by atoms with Crippen molar-refractivity contribution in [2.75, 3.05) is 19.0 Å². The number of rotatable bonds is 1. The number of furan rings is 1. The first kappa shape index (κ1) is 8.17. The Labute approximate surface area is 77.8 Å². The SMILES string of the molecule is Cc1c(N(C)C)ccc2ccoc12. The van der Waals surface area contributed by atoms with E-state index in [0.717, 1.165) is 5.58 Å². The molecule has 1 aromatic carbocycles. The van der Waals surface area contributed by atoms with E-state index in [2.05, 4.69) is 24.0 Å². The minimum atomic E-state index is 0.992. The summed E-state index contributed by atoms with van der Waals surface area (Å²) in [4.78, 5) is 2.09. The van der Waals surface area contributed by atoms with Crippen LogP contribution in [0.4, 0.5) is 5.69 Å². The van der Waals surface area contributed by atoms with E-state index in [1.54, 1.807) is 6.26 Å². The van der Waals surface area contributed by atoms with E-state index in [1.807, 2.05) is 20.2 Å². The van der Waals surface area contributed by atoms with Crippen molar-refractivity contribution in [3.8, 4) is 0 Å². The van der Waals surface area contributed by atoms with Gasteiger partial charge in [-0.05, 0) is 25.1 Å². The number of hydrogen-bond acceptors (Lipinski definition) is 2. The predicted octanol–water partition coefficient (Wildman–Crippen LogP) is 2.81. The van der Waals surface area contributed by atoms with Gasteiger partial charge in [-0.25, -0.2) is 0 Å². The van der Waals surface area contributed by atoms with Gasteiger partial charge < -0.3 is 9.32 Å². The van der Waals surface area contributed by atoms with Gasteiger partial charge in [-0.3, -0.25) is 0 Å². The highest BCUT2D eigenvalue weighted by atomic mass is 16.3. The monoisotopic (exact) mass is 175 g/mol. The molecule has 0 fully saturated rings. The van der Waals surface area contributed by atoms with Crippen LogP contribution in [0.3, 0.4) is 0 Å². The average Bonchev–Trinajstić information content (AvgIpc) is 2.52. The van der Waals surface area contributed by atoms with E-state index >= 15 is 0 Å². The molecule has 0 aliphatic heterocycles. The van der Waals surface area contributed by atoms with Crippen LogP contribution in [0.2, 0.25) is 0 Å². The van der Waals surface area contributed by atoms with Crippen molar-refractivity contribution in [3.63, 3.8) is 0 Å². The molecule has 0 N–H and O–H groups in total. The lowest BCUT2D eigenvalue weighted by molar-refractivity contribution is 0.613. The maximum Gasteiger partial charge on any atom is 0.138 e. The van der Waals surface area contributed by atoms with Gasteiger partial charge in [0, 0.05) is 30.7 Å². The van der Waals surface area contributed by atoms with Crippen molar-refractivity contribution in [2.45, 2.75) is 6.92 Å². The molecule has 0 saturated heterocycles. The van der Waals surface area contributed by atoms with Gasteiger partial charge >= 0.3 is 0 Å². The normalized spacial score (nSPS) is 10.7. The first-order valence-electron chi connectivity index (χ1n) is 4.34. The molecule has 2 heteroatoms. The number of hydrogen-bond donors (Lipinski definition) is 0. The molecule has 13 heavy (non-hydrogen) atoms. The van der Waals surface area contributed by atoms with Gasteiger partial charge in [-0.2, -0.15) is 0 Å². The molecule has 0 bridgehead atoms. The maximum absolute atomic E-state index is 5.41. The predicted molar refractivity (Wildman–Crippen MR) is 55.3 cm³/mol. The van der Waals surface area contributed by atoms with Gasteiger partial charge in [0.05, 0.1) is 6.26 Å². The zero-order valence-corrected chi connectivity index (χ0v) is 8.16. The van der Waals surface area contributed by atoms with E-state index in [4.69, 9.17) is 4.42 Å². The minimum Gasteiger partial charge on any atom is -0.464 e. The molecular weight excluding hydrogens is 162 g/mol. The summed E-state index contributed by atoms with van der Waals surface area (Å²) in [6.45, 7) is 2.08. The van der Waals surface area contributed by atoms with E-state index in [9.17, 15) is 0 Å². The smallest absolute Gasteiger partial charge is 0.138 e. The number of fused-ring (bicyclic) bond motifs is 1. The molecule has 2 nitrogen and oxygen atoms in total.